The van der Waals surface area contributed by atoms with E-state index in [2.05, 4.69) is 40.6 Å². The average Bonchev–Trinajstić information content (AvgIpc) is 2.87. The maximum Gasteiger partial charge on any atom is 0.316 e. The molecule has 0 aliphatic heterocycles. The van der Waals surface area contributed by atoms with E-state index in [1.165, 1.54) is 12.4 Å². The number of hydrogen-bond acceptors (Lipinski definition) is 8. The predicted octanol–water partition coefficient (Wildman–Crippen LogP) is 4.57. The fourth-order valence-corrected chi connectivity index (χ4v) is 4.00. The van der Waals surface area contributed by atoms with Gasteiger partial charge in [0.1, 0.15) is 19.5 Å². The van der Waals surface area contributed by atoms with Crippen molar-refractivity contribution in [3.8, 4) is 23.0 Å². The first-order valence-electron chi connectivity index (χ1n) is 10.4. The van der Waals surface area contributed by atoms with E-state index in [1.54, 1.807) is 24.5 Å². The number of sulfonamides is 1. The molecule has 0 saturated carbocycles. The molecule has 9 nitrogen and oxygen atoms in total. The number of benzene rings is 2. The lowest BCUT2D eigenvalue weighted by atomic mass is 10.1. The van der Waals surface area contributed by atoms with Gasteiger partial charge in [0.25, 0.3) is 10.0 Å². The van der Waals surface area contributed by atoms with Crippen LogP contribution < -0.4 is 14.2 Å². The van der Waals surface area contributed by atoms with Gasteiger partial charge >= 0.3 is 6.01 Å². The fourth-order valence-electron chi connectivity index (χ4n) is 2.97. The van der Waals surface area contributed by atoms with Gasteiger partial charge in [-0.25, -0.2) is 28.4 Å². The Morgan fingerprint density at radius 2 is 1.51 bits per heavy atom. The fraction of sp³-hybridized carbons (Fsp3) is 0.0833. The largest absolute Gasteiger partial charge is 0.473 e. The van der Waals surface area contributed by atoms with Crippen molar-refractivity contribution in [1.29, 1.82) is 0 Å². The predicted molar refractivity (Wildman–Crippen MR) is 136 cm³/mol. The van der Waals surface area contributed by atoms with E-state index in [0.717, 1.165) is 15.4 Å². The maximum absolute atomic E-state index is 12.8. The summed E-state index contributed by atoms with van der Waals surface area (Å²) in [5, 5.41) is 1.09. The van der Waals surface area contributed by atoms with Crippen LogP contribution in [-0.2, 0) is 10.0 Å². The molecule has 35 heavy (non-hydrogen) atoms. The summed E-state index contributed by atoms with van der Waals surface area (Å²) in [6, 6.07) is 18.5. The van der Waals surface area contributed by atoms with E-state index in [1.807, 2.05) is 48.5 Å². The van der Waals surface area contributed by atoms with Crippen molar-refractivity contribution in [3.05, 3.63) is 94.8 Å². The number of halogens is 1. The second-order valence-electron chi connectivity index (χ2n) is 7.01. The van der Waals surface area contributed by atoms with Crippen molar-refractivity contribution in [2.45, 2.75) is 0 Å². The van der Waals surface area contributed by atoms with E-state index >= 15 is 0 Å². The Morgan fingerprint density at radius 3 is 2.23 bits per heavy atom. The zero-order valence-corrected chi connectivity index (χ0v) is 20.7. The number of aromatic nitrogens is 4. The molecule has 0 aliphatic rings. The quantitative estimate of drug-likeness (QED) is 0.284. The maximum atomic E-state index is 12.8. The van der Waals surface area contributed by atoms with Crippen LogP contribution in [0, 0.1) is 0 Å². The summed E-state index contributed by atoms with van der Waals surface area (Å²) in [4.78, 5) is 16.5. The Balaban J connectivity index is 1.53. The molecule has 0 bridgehead atoms. The molecule has 0 unspecified atom stereocenters. The summed E-state index contributed by atoms with van der Waals surface area (Å²) < 4.78 is 40.1. The van der Waals surface area contributed by atoms with Gasteiger partial charge in [0.15, 0.2) is 5.82 Å². The molecule has 0 amide bonds. The van der Waals surface area contributed by atoms with E-state index in [-0.39, 0.29) is 30.9 Å². The van der Waals surface area contributed by atoms with Crippen LogP contribution >= 0.6 is 15.9 Å². The molecule has 0 aliphatic carbocycles. The lowest BCUT2D eigenvalue weighted by Crippen LogP contribution is -2.14. The lowest BCUT2D eigenvalue weighted by Gasteiger charge is -2.14. The summed E-state index contributed by atoms with van der Waals surface area (Å²) in [7, 11) is -3.87. The summed E-state index contributed by atoms with van der Waals surface area (Å²) in [6.45, 7) is 0.275. The average molecular weight is 554 g/mol. The molecule has 4 aromatic rings. The van der Waals surface area contributed by atoms with Crippen LogP contribution in [0.1, 0.15) is 5.56 Å². The van der Waals surface area contributed by atoms with Crippen LogP contribution in [0.15, 0.2) is 89.3 Å². The number of ether oxygens (including phenoxy) is 2. The Bertz CT molecular complexity index is 1390. The zero-order valence-electron chi connectivity index (χ0n) is 18.3. The highest BCUT2D eigenvalue weighted by Crippen LogP contribution is 2.34. The van der Waals surface area contributed by atoms with Gasteiger partial charge < -0.3 is 9.47 Å². The second kappa shape index (κ2) is 11.5. The SMILES string of the molecule is O=S(=O)(/C=C/c1ccccc1)Nc1ncnc(OCCOc2ncc(Br)cn2)c1-c1ccccc1. The van der Waals surface area contributed by atoms with Crippen LogP contribution in [-0.4, -0.2) is 41.6 Å². The van der Waals surface area contributed by atoms with Crippen molar-refractivity contribution in [2.75, 3.05) is 17.9 Å². The molecule has 2 heterocycles. The number of nitrogens with one attached hydrogen (secondary N) is 1. The molecule has 178 valence electrons. The zero-order chi connectivity index (χ0) is 24.5. The third-order valence-electron chi connectivity index (χ3n) is 4.50. The lowest BCUT2D eigenvalue weighted by molar-refractivity contribution is 0.202. The Morgan fingerprint density at radius 1 is 0.857 bits per heavy atom. The number of anilines is 1. The topological polar surface area (TPSA) is 116 Å². The minimum absolute atomic E-state index is 0.0936. The standard InChI is InChI=1S/C24H20BrN5O4S/c25-20-15-26-24(27-16-20)34-13-12-33-23-21(19-9-5-2-6-10-19)22(28-17-29-23)30-35(31,32)14-11-18-7-3-1-4-8-18/h1-11,14-17H,12-13H2,(H,28,29,30)/b14-11+. The smallest absolute Gasteiger partial charge is 0.316 e. The van der Waals surface area contributed by atoms with Gasteiger partial charge in [0.05, 0.1) is 15.4 Å². The minimum Gasteiger partial charge on any atom is -0.473 e. The Kier molecular flexibility index (Phi) is 8.01. The minimum atomic E-state index is -3.87. The van der Waals surface area contributed by atoms with E-state index in [9.17, 15) is 8.42 Å². The Hall–Kier alpha value is -3.83. The van der Waals surface area contributed by atoms with Gasteiger partial charge in [-0.1, -0.05) is 60.7 Å². The molecule has 0 atom stereocenters. The van der Waals surface area contributed by atoms with E-state index < -0.39 is 10.0 Å². The number of nitrogens with zero attached hydrogens (tertiary/aromatic N) is 4. The molecular weight excluding hydrogens is 534 g/mol. The molecular formula is C24H20BrN5O4S. The molecule has 0 saturated heterocycles. The normalized spacial score (nSPS) is 11.3. The summed E-state index contributed by atoms with van der Waals surface area (Å²) >= 11 is 3.26. The highest BCUT2D eigenvalue weighted by atomic mass is 79.9. The van der Waals surface area contributed by atoms with Crippen LogP contribution in [0.3, 0.4) is 0 Å². The molecule has 0 fully saturated rings. The van der Waals surface area contributed by atoms with Crippen LogP contribution in [0.2, 0.25) is 0 Å². The first-order chi connectivity index (χ1) is 17.0. The third kappa shape index (κ3) is 7.08. The van der Waals surface area contributed by atoms with Gasteiger partial charge in [-0.2, -0.15) is 0 Å². The molecule has 11 heteroatoms. The number of hydrogen-bond donors (Lipinski definition) is 1. The monoisotopic (exact) mass is 553 g/mol. The summed E-state index contributed by atoms with van der Waals surface area (Å²) in [5.41, 5.74) is 1.84. The highest BCUT2D eigenvalue weighted by Gasteiger charge is 2.18. The van der Waals surface area contributed by atoms with Crippen molar-refractivity contribution >= 4 is 37.8 Å². The summed E-state index contributed by atoms with van der Waals surface area (Å²) in [5.74, 6) is 0.298. The Labute approximate surface area is 211 Å². The van der Waals surface area contributed by atoms with Crippen LogP contribution in [0.25, 0.3) is 17.2 Å². The highest BCUT2D eigenvalue weighted by molar-refractivity contribution is 9.10. The summed E-state index contributed by atoms with van der Waals surface area (Å²) in [6.07, 6.45) is 5.89. The molecule has 1 N–H and O–H groups in total. The van der Waals surface area contributed by atoms with Crippen molar-refractivity contribution in [3.63, 3.8) is 0 Å². The van der Waals surface area contributed by atoms with Gasteiger partial charge in [-0.15, -0.1) is 0 Å². The van der Waals surface area contributed by atoms with Crippen molar-refractivity contribution in [1.82, 2.24) is 19.9 Å². The van der Waals surface area contributed by atoms with Gasteiger partial charge in [-0.3, -0.25) is 4.72 Å². The third-order valence-corrected chi connectivity index (χ3v) is 5.88. The van der Waals surface area contributed by atoms with E-state index in [0.29, 0.717) is 11.1 Å². The molecule has 2 aromatic carbocycles. The van der Waals surface area contributed by atoms with Gasteiger partial charge in [0, 0.05) is 12.4 Å². The molecule has 0 radical (unpaired) electrons. The van der Waals surface area contributed by atoms with Gasteiger partial charge in [-0.05, 0) is 33.1 Å². The molecule has 2 aromatic heterocycles. The molecule has 0 spiro atoms. The van der Waals surface area contributed by atoms with Crippen LogP contribution in [0.5, 0.6) is 11.9 Å². The number of rotatable bonds is 10. The van der Waals surface area contributed by atoms with Crippen LogP contribution in [0.4, 0.5) is 5.82 Å². The first kappa shape index (κ1) is 24.3. The molecule has 4 rings (SSSR count). The van der Waals surface area contributed by atoms with Crippen molar-refractivity contribution in [2.24, 2.45) is 0 Å². The first-order valence-corrected chi connectivity index (χ1v) is 12.7. The van der Waals surface area contributed by atoms with Crippen molar-refractivity contribution < 1.29 is 17.9 Å². The van der Waals surface area contributed by atoms with E-state index in [4.69, 9.17) is 9.47 Å². The van der Waals surface area contributed by atoms with Gasteiger partial charge in [0.2, 0.25) is 5.88 Å². The second-order valence-corrected chi connectivity index (χ2v) is 9.49.